The van der Waals surface area contributed by atoms with Crippen LogP contribution in [0.1, 0.15) is 33.1 Å². The standard InChI is InChI=1S/C9H17N/c1-3-4-8-6(2)7-5-9(7)10-8/h6-10H,3-5H2,1-2H3/t6?,7-,8?,9?/m0/s1. The lowest BCUT2D eigenvalue weighted by atomic mass is 9.96. The largest absolute Gasteiger partial charge is 0.311 e. The predicted octanol–water partition coefficient (Wildman–Crippen LogP) is 1.78. The second-order valence-electron chi connectivity index (χ2n) is 3.93. The van der Waals surface area contributed by atoms with Crippen molar-refractivity contribution in [3.63, 3.8) is 0 Å². The zero-order valence-corrected chi connectivity index (χ0v) is 6.93. The molecule has 0 aromatic carbocycles. The summed E-state index contributed by atoms with van der Waals surface area (Å²) < 4.78 is 0. The zero-order chi connectivity index (χ0) is 7.14. The van der Waals surface area contributed by atoms with Gasteiger partial charge in [-0.25, -0.2) is 0 Å². The molecule has 10 heavy (non-hydrogen) atoms. The minimum absolute atomic E-state index is 0.855. The summed E-state index contributed by atoms with van der Waals surface area (Å²) in [5.74, 6) is 2.02. The van der Waals surface area contributed by atoms with Crippen LogP contribution >= 0.6 is 0 Å². The molecule has 1 N–H and O–H groups in total. The maximum absolute atomic E-state index is 3.68. The van der Waals surface area contributed by atoms with Crippen LogP contribution in [0.15, 0.2) is 0 Å². The van der Waals surface area contributed by atoms with E-state index in [2.05, 4.69) is 19.2 Å². The molecule has 1 heteroatoms. The van der Waals surface area contributed by atoms with Crippen molar-refractivity contribution >= 4 is 0 Å². The third kappa shape index (κ3) is 0.878. The summed E-state index contributed by atoms with van der Waals surface area (Å²) in [5.41, 5.74) is 0. The van der Waals surface area contributed by atoms with Crippen molar-refractivity contribution in [1.82, 2.24) is 5.32 Å². The molecule has 0 bridgehead atoms. The van der Waals surface area contributed by atoms with Gasteiger partial charge in [0.25, 0.3) is 0 Å². The highest BCUT2D eigenvalue weighted by molar-refractivity contribution is 5.06. The molecule has 1 heterocycles. The lowest BCUT2D eigenvalue weighted by Crippen LogP contribution is -2.29. The molecule has 1 saturated carbocycles. The van der Waals surface area contributed by atoms with Gasteiger partial charge >= 0.3 is 0 Å². The molecular formula is C9H17N. The van der Waals surface area contributed by atoms with Gasteiger partial charge in [0.1, 0.15) is 0 Å². The molecule has 0 radical (unpaired) electrons. The van der Waals surface area contributed by atoms with E-state index in [1.807, 2.05) is 0 Å². The van der Waals surface area contributed by atoms with Crippen LogP contribution in [0, 0.1) is 11.8 Å². The average molecular weight is 139 g/mol. The lowest BCUT2D eigenvalue weighted by molar-refractivity contribution is 0.392. The van der Waals surface area contributed by atoms with Gasteiger partial charge in [0.2, 0.25) is 0 Å². The molecule has 0 aromatic rings. The van der Waals surface area contributed by atoms with E-state index in [-0.39, 0.29) is 0 Å². The molecule has 0 aromatic heterocycles. The molecule has 2 fully saturated rings. The van der Waals surface area contributed by atoms with Crippen molar-refractivity contribution in [2.75, 3.05) is 0 Å². The fourth-order valence-electron chi connectivity index (χ4n) is 2.37. The molecular weight excluding hydrogens is 122 g/mol. The van der Waals surface area contributed by atoms with E-state index >= 15 is 0 Å². The van der Waals surface area contributed by atoms with Crippen LogP contribution in [0.5, 0.6) is 0 Å². The molecule has 4 atom stereocenters. The van der Waals surface area contributed by atoms with E-state index in [9.17, 15) is 0 Å². The Kier molecular flexibility index (Phi) is 1.48. The zero-order valence-electron chi connectivity index (χ0n) is 6.93. The number of hydrogen-bond donors (Lipinski definition) is 1. The lowest BCUT2D eigenvalue weighted by Gasteiger charge is -2.17. The summed E-state index contributed by atoms with van der Waals surface area (Å²) in [6.07, 6.45) is 4.18. The molecule has 1 saturated heterocycles. The first-order valence-electron chi connectivity index (χ1n) is 4.59. The van der Waals surface area contributed by atoms with E-state index < -0.39 is 0 Å². The van der Waals surface area contributed by atoms with Crippen molar-refractivity contribution in [2.24, 2.45) is 11.8 Å². The molecule has 1 aliphatic heterocycles. The van der Waals surface area contributed by atoms with Gasteiger partial charge in [0, 0.05) is 12.1 Å². The minimum Gasteiger partial charge on any atom is -0.311 e. The first-order valence-corrected chi connectivity index (χ1v) is 4.59. The van der Waals surface area contributed by atoms with Crippen LogP contribution < -0.4 is 5.32 Å². The van der Waals surface area contributed by atoms with Gasteiger partial charge in [0.05, 0.1) is 0 Å². The molecule has 2 rings (SSSR count). The van der Waals surface area contributed by atoms with Crippen molar-refractivity contribution in [3.8, 4) is 0 Å². The number of fused-ring (bicyclic) bond motifs is 1. The van der Waals surface area contributed by atoms with Crippen molar-refractivity contribution in [1.29, 1.82) is 0 Å². The SMILES string of the molecule is CCCC1NC2C[C@H]2C1C. The third-order valence-corrected chi connectivity index (χ3v) is 3.18. The second-order valence-corrected chi connectivity index (χ2v) is 3.93. The number of rotatable bonds is 2. The Morgan fingerprint density at radius 1 is 1.50 bits per heavy atom. The Balaban J connectivity index is 1.88. The summed E-state index contributed by atoms with van der Waals surface area (Å²) in [7, 11) is 0. The second kappa shape index (κ2) is 2.23. The van der Waals surface area contributed by atoms with Crippen molar-refractivity contribution in [2.45, 2.75) is 45.2 Å². The fraction of sp³-hybridized carbons (Fsp3) is 1.00. The van der Waals surface area contributed by atoms with Crippen LogP contribution in [-0.2, 0) is 0 Å². The summed E-state index contributed by atoms with van der Waals surface area (Å²) in [6.45, 7) is 4.68. The molecule has 1 nitrogen and oxygen atoms in total. The van der Waals surface area contributed by atoms with Gasteiger partial charge in [-0.15, -0.1) is 0 Å². The highest BCUT2D eigenvalue weighted by Gasteiger charge is 2.50. The van der Waals surface area contributed by atoms with E-state index in [1.54, 1.807) is 0 Å². The molecule has 1 aliphatic carbocycles. The highest BCUT2D eigenvalue weighted by Crippen LogP contribution is 2.45. The fourth-order valence-corrected chi connectivity index (χ4v) is 2.37. The van der Waals surface area contributed by atoms with Crippen LogP contribution in [0.3, 0.4) is 0 Å². The Labute approximate surface area is 63.2 Å². The maximum Gasteiger partial charge on any atom is 0.0105 e. The first-order chi connectivity index (χ1) is 4.83. The Morgan fingerprint density at radius 3 is 2.80 bits per heavy atom. The summed E-state index contributed by atoms with van der Waals surface area (Å²) in [5, 5.41) is 3.68. The third-order valence-electron chi connectivity index (χ3n) is 3.18. The summed E-state index contributed by atoms with van der Waals surface area (Å²) in [4.78, 5) is 0. The number of piperidine rings is 1. The minimum atomic E-state index is 0.855. The predicted molar refractivity (Wildman–Crippen MR) is 42.9 cm³/mol. The smallest absolute Gasteiger partial charge is 0.0105 e. The number of hydrogen-bond acceptors (Lipinski definition) is 1. The van der Waals surface area contributed by atoms with E-state index in [0.29, 0.717) is 0 Å². The average Bonchev–Trinajstić information content (AvgIpc) is 2.60. The van der Waals surface area contributed by atoms with Crippen molar-refractivity contribution < 1.29 is 0 Å². The van der Waals surface area contributed by atoms with Crippen LogP contribution in [-0.4, -0.2) is 12.1 Å². The van der Waals surface area contributed by atoms with Gasteiger partial charge < -0.3 is 5.32 Å². The molecule has 0 spiro atoms. The van der Waals surface area contributed by atoms with Crippen LogP contribution in [0.4, 0.5) is 0 Å². The highest BCUT2D eigenvalue weighted by atomic mass is 15.1. The van der Waals surface area contributed by atoms with E-state index in [0.717, 1.165) is 23.9 Å². The Hall–Kier alpha value is -0.0400. The van der Waals surface area contributed by atoms with Gasteiger partial charge in [0.15, 0.2) is 0 Å². The van der Waals surface area contributed by atoms with Crippen LogP contribution in [0.2, 0.25) is 0 Å². The molecule has 3 unspecified atom stereocenters. The maximum atomic E-state index is 3.68. The van der Waals surface area contributed by atoms with E-state index in [4.69, 9.17) is 0 Å². The topological polar surface area (TPSA) is 12.0 Å². The Morgan fingerprint density at radius 2 is 2.30 bits per heavy atom. The Bertz CT molecular complexity index is 133. The van der Waals surface area contributed by atoms with Crippen molar-refractivity contribution in [3.05, 3.63) is 0 Å². The van der Waals surface area contributed by atoms with E-state index in [1.165, 1.54) is 19.3 Å². The molecule has 58 valence electrons. The quantitative estimate of drug-likeness (QED) is 0.615. The van der Waals surface area contributed by atoms with Gasteiger partial charge in [-0.3, -0.25) is 0 Å². The van der Waals surface area contributed by atoms with Crippen LogP contribution in [0.25, 0.3) is 0 Å². The normalized spacial score (nSPS) is 51.0. The number of nitrogens with one attached hydrogen (secondary N) is 1. The van der Waals surface area contributed by atoms with Gasteiger partial charge in [-0.1, -0.05) is 20.3 Å². The summed E-state index contributed by atoms with van der Waals surface area (Å²) in [6, 6.07) is 1.78. The summed E-state index contributed by atoms with van der Waals surface area (Å²) >= 11 is 0. The first kappa shape index (κ1) is 6.66. The molecule has 2 aliphatic rings. The molecule has 0 amide bonds. The van der Waals surface area contributed by atoms with Gasteiger partial charge in [-0.05, 0) is 24.7 Å². The monoisotopic (exact) mass is 139 g/mol. The van der Waals surface area contributed by atoms with Gasteiger partial charge in [-0.2, -0.15) is 0 Å².